The van der Waals surface area contributed by atoms with Crippen LogP contribution in [0.1, 0.15) is 42.4 Å². The maximum Gasteiger partial charge on any atom is 0.0219 e. The molecule has 0 heterocycles. The molecule has 1 aliphatic rings. The molecule has 1 aromatic carbocycles. The molecule has 100 valence electrons. The van der Waals surface area contributed by atoms with Crippen LogP contribution in [-0.4, -0.2) is 18.6 Å². The quantitative estimate of drug-likeness (QED) is 0.857. The summed E-state index contributed by atoms with van der Waals surface area (Å²) in [4.78, 5) is 0. The van der Waals surface area contributed by atoms with Crippen LogP contribution in [0.5, 0.6) is 0 Å². The molecule has 0 amide bonds. The fourth-order valence-corrected chi connectivity index (χ4v) is 2.93. The van der Waals surface area contributed by atoms with Gasteiger partial charge in [-0.3, -0.25) is 0 Å². The third-order valence-electron chi connectivity index (χ3n) is 4.12. The maximum absolute atomic E-state index is 6.15. The van der Waals surface area contributed by atoms with E-state index in [-0.39, 0.29) is 0 Å². The second-order valence-corrected chi connectivity index (χ2v) is 5.69. The summed E-state index contributed by atoms with van der Waals surface area (Å²) < 4.78 is 0. The van der Waals surface area contributed by atoms with Crippen molar-refractivity contribution in [1.29, 1.82) is 0 Å². The second-order valence-electron chi connectivity index (χ2n) is 5.69. The molecule has 0 saturated heterocycles. The second kappa shape index (κ2) is 6.35. The Bertz CT molecular complexity index is 387. The molecule has 0 aromatic heterocycles. The molecular formula is C16H26N2. The van der Waals surface area contributed by atoms with Crippen molar-refractivity contribution in [2.45, 2.75) is 58.0 Å². The van der Waals surface area contributed by atoms with Crippen LogP contribution < -0.4 is 11.1 Å². The predicted molar refractivity (Wildman–Crippen MR) is 77.9 cm³/mol. The molecule has 2 nitrogen and oxygen atoms in total. The molecule has 1 fully saturated rings. The van der Waals surface area contributed by atoms with Crippen molar-refractivity contribution in [2.24, 2.45) is 5.73 Å². The number of rotatable bonds is 4. The molecule has 2 unspecified atom stereocenters. The summed E-state index contributed by atoms with van der Waals surface area (Å²) in [7, 11) is 0. The van der Waals surface area contributed by atoms with Gasteiger partial charge in [0, 0.05) is 12.1 Å². The Balaban J connectivity index is 1.81. The number of hydrogen-bond donors (Lipinski definition) is 2. The number of nitrogens with one attached hydrogen (secondary N) is 1. The third-order valence-corrected chi connectivity index (χ3v) is 4.12. The van der Waals surface area contributed by atoms with Gasteiger partial charge in [0.05, 0.1) is 0 Å². The number of benzene rings is 1. The highest BCUT2D eigenvalue weighted by Gasteiger charge is 2.20. The van der Waals surface area contributed by atoms with Crippen molar-refractivity contribution in [1.82, 2.24) is 5.32 Å². The molecule has 1 saturated carbocycles. The summed E-state index contributed by atoms with van der Waals surface area (Å²) in [6.45, 7) is 5.40. The molecule has 3 N–H and O–H groups in total. The highest BCUT2D eigenvalue weighted by molar-refractivity contribution is 5.30. The maximum atomic E-state index is 6.15. The molecule has 2 rings (SSSR count). The van der Waals surface area contributed by atoms with E-state index in [0.29, 0.717) is 12.1 Å². The summed E-state index contributed by atoms with van der Waals surface area (Å²) in [6.07, 6.45) is 6.16. The molecule has 1 aromatic rings. The molecule has 2 heteroatoms. The fraction of sp³-hybridized carbons (Fsp3) is 0.625. The van der Waals surface area contributed by atoms with Crippen LogP contribution in [0, 0.1) is 13.8 Å². The van der Waals surface area contributed by atoms with E-state index in [4.69, 9.17) is 5.73 Å². The van der Waals surface area contributed by atoms with Gasteiger partial charge >= 0.3 is 0 Å². The van der Waals surface area contributed by atoms with Gasteiger partial charge in [0.2, 0.25) is 0 Å². The van der Waals surface area contributed by atoms with Crippen molar-refractivity contribution in [3.05, 3.63) is 34.9 Å². The van der Waals surface area contributed by atoms with E-state index in [1.54, 1.807) is 0 Å². The Morgan fingerprint density at radius 3 is 2.72 bits per heavy atom. The third kappa shape index (κ3) is 3.56. The largest absolute Gasteiger partial charge is 0.326 e. The molecule has 0 radical (unpaired) electrons. The van der Waals surface area contributed by atoms with Crippen molar-refractivity contribution in [3.8, 4) is 0 Å². The van der Waals surface area contributed by atoms with E-state index >= 15 is 0 Å². The zero-order chi connectivity index (χ0) is 13.0. The van der Waals surface area contributed by atoms with E-state index < -0.39 is 0 Å². The molecular weight excluding hydrogens is 220 g/mol. The standard InChI is InChI=1S/C16H26N2/c1-12-7-8-14(13(2)11-12)9-10-18-16-6-4-3-5-15(16)17/h7-8,11,15-16,18H,3-6,9-10,17H2,1-2H3. The van der Waals surface area contributed by atoms with Crippen LogP contribution in [0.2, 0.25) is 0 Å². The van der Waals surface area contributed by atoms with Crippen LogP contribution in [0.25, 0.3) is 0 Å². The summed E-state index contributed by atoms with van der Waals surface area (Å²) in [5.41, 5.74) is 10.4. The monoisotopic (exact) mass is 246 g/mol. The molecule has 0 spiro atoms. The van der Waals surface area contributed by atoms with E-state index in [9.17, 15) is 0 Å². The van der Waals surface area contributed by atoms with Gasteiger partial charge in [-0.05, 0) is 50.8 Å². The molecule has 0 aliphatic heterocycles. The van der Waals surface area contributed by atoms with Crippen LogP contribution in [-0.2, 0) is 6.42 Å². The zero-order valence-electron chi connectivity index (χ0n) is 11.7. The highest BCUT2D eigenvalue weighted by Crippen LogP contribution is 2.17. The number of aryl methyl sites for hydroxylation is 2. The molecule has 2 atom stereocenters. The predicted octanol–water partition coefficient (Wildman–Crippen LogP) is 2.71. The minimum absolute atomic E-state index is 0.359. The van der Waals surface area contributed by atoms with E-state index in [0.717, 1.165) is 13.0 Å². The Labute approximate surface area is 111 Å². The van der Waals surface area contributed by atoms with Gasteiger partial charge in [-0.2, -0.15) is 0 Å². The first kappa shape index (κ1) is 13.6. The molecule has 18 heavy (non-hydrogen) atoms. The summed E-state index contributed by atoms with van der Waals surface area (Å²) >= 11 is 0. The lowest BCUT2D eigenvalue weighted by Crippen LogP contribution is -2.47. The van der Waals surface area contributed by atoms with E-state index in [2.05, 4.69) is 37.4 Å². The minimum atomic E-state index is 0.359. The van der Waals surface area contributed by atoms with Gasteiger partial charge in [0.25, 0.3) is 0 Å². The first-order valence-corrected chi connectivity index (χ1v) is 7.22. The average Bonchev–Trinajstić information content (AvgIpc) is 2.34. The van der Waals surface area contributed by atoms with Gasteiger partial charge < -0.3 is 11.1 Å². The number of hydrogen-bond acceptors (Lipinski definition) is 2. The highest BCUT2D eigenvalue weighted by atomic mass is 14.9. The lowest BCUT2D eigenvalue weighted by atomic mass is 9.91. The molecule has 1 aliphatic carbocycles. The Hall–Kier alpha value is -0.860. The topological polar surface area (TPSA) is 38.0 Å². The smallest absolute Gasteiger partial charge is 0.0219 e. The van der Waals surface area contributed by atoms with Crippen molar-refractivity contribution < 1.29 is 0 Å². The minimum Gasteiger partial charge on any atom is -0.326 e. The lowest BCUT2D eigenvalue weighted by Gasteiger charge is -2.29. The Morgan fingerprint density at radius 2 is 2.00 bits per heavy atom. The number of nitrogens with two attached hydrogens (primary N) is 1. The van der Waals surface area contributed by atoms with Crippen LogP contribution in [0.15, 0.2) is 18.2 Å². The van der Waals surface area contributed by atoms with Crippen molar-refractivity contribution in [2.75, 3.05) is 6.54 Å². The van der Waals surface area contributed by atoms with Gasteiger partial charge in [-0.25, -0.2) is 0 Å². The van der Waals surface area contributed by atoms with E-state index in [1.165, 1.54) is 42.4 Å². The molecule has 0 bridgehead atoms. The summed E-state index contributed by atoms with van der Waals surface area (Å²) in [5, 5.41) is 3.64. The van der Waals surface area contributed by atoms with Crippen molar-refractivity contribution in [3.63, 3.8) is 0 Å². The normalized spacial score (nSPS) is 24.2. The van der Waals surface area contributed by atoms with Crippen LogP contribution >= 0.6 is 0 Å². The van der Waals surface area contributed by atoms with Crippen LogP contribution in [0.3, 0.4) is 0 Å². The SMILES string of the molecule is Cc1ccc(CCNC2CCCCC2N)c(C)c1. The Morgan fingerprint density at radius 1 is 1.22 bits per heavy atom. The van der Waals surface area contributed by atoms with Crippen LogP contribution in [0.4, 0.5) is 0 Å². The van der Waals surface area contributed by atoms with Crippen molar-refractivity contribution >= 4 is 0 Å². The summed E-state index contributed by atoms with van der Waals surface area (Å²) in [6, 6.07) is 7.62. The fourth-order valence-electron chi connectivity index (χ4n) is 2.93. The van der Waals surface area contributed by atoms with Gasteiger partial charge in [-0.1, -0.05) is 36.6 Å². The zero-order valence-corrected chi connectivity index (χ0v) is 11.7. The first-order chi connectivity index (χ1) is 8.66. The summed E-state index contributed by atoms with van der Waals surface area (Å²) in [5.74, 6) is 0. The lowest BCUT2D eigenvalue weighted by molar-refractivity contribution is 0.329. The average molecular weight is 246 g/mol. The van der Waals surface area contributed by atoms with E-state index in [1.807, 2.05) is 0 Å². The van der Waals surface area contributed by atoms with Gasteiger partial charge in [-0.15, -0.1) is 0 Å². The Kier molecular flexibility index (Phi) is 4.79. The van der Waals surface area contributed by atoms with Gasteiger partial charge in [0.1, 0.15) is 0 Å². The van der Waals surface area contributed by atoms with Gasteiger partial charge in [0.15, 0.2) is 0 Å². The first-order valence-electron chi connectivity index (χ1n) is 7.22.